The van der Waals surface area contributed by atoms with Gasteiger partial charge in [-0.2, -0.15) is 0 Å². The molecule has 2 N–H and O–H groups in total. The maximum atomic E-state index is 11.2. The first-order chi connectivity index (χ1) is 7.45. The molecule has 0 fully saturated rings. The Morgan fingerprint density at radius 1 is 1.56 bits per heavy atom. The molecule has 1 aromatic heterocycles. The third-order valence-electron chi connectivity index (χ3n) is 3.14. The topological polar surface area (TPSA) is 57.5 Å². The van der Waals surface area contributed by atoms with Gasteiger partial charge in [0, 0.05) is 15.3 Å². The molecule has 0 aromatic carbocycles. The van der Waals surface area contributed by atoms with Crippen molar-refractivity contribution in [3.05, 3.63) is 21.4 Å². The van der Waals surface area contributed by atoms with E-state index in [1.807, 2.05) is 6.07 Å². The van der Waals surface area contributed by atoms with Gasteiger partial charge in [0.2, 0.25) is 0 Å². The van der Waals surface area contributed by atoms with Crippen LogP contribution >= 0.6 is 11.3 Å². The second-order valence-electron chi connectivity index (χ2n) is 4.66. The van der Waals surface area contributed by atoms with Crippen LogP contribution < -0.4 is 0 Å². The van der Waals surface area contributed by atoms with Gasteiger partial charge >= 0.3 is 5.97 Å². The highest BCUT2D eigenvalue weighted by Crippen LogP contribution is 2.41. The molecule has 16 heavy (non-hydrogen) atoms. The monoisotopic (exact) mass is 240 g/mol. The minimum Gasteiger partial charge on any atom is -0.479 e. The second kappa shape index (κ2) is 3.86. The smallest absolute Gasteiger partial charge is 0.340 e. The van der Waals surface area contributed by atoms with Crippen molar-refractivity contribution >= 4 is 17.3 Å². The first kappa shape index (κ1) is 11.6. The summed E-state index contributed by atoms with van der Waals surface area (Å²) in [5.74, 6) is -0.741. The molecule has 0 bridgehead atoms. The summed E-state index contributed by atoms with van der Waals surface area (Å²) in [6.07, 6.45) is 1.96. The molecular formula is C12H16O3S. The van der Waals surface area contributed by atoms with Crippen LogP contribution in [0.4, 0.5) is 0 Å². The number of carbonyl (C=O) groups is 1. The fourth-order valence-electron chi connectivity index (χ4n) is 2.13. The first-order valence-electron chi connectivity index (χ1n) is 5.54. The lowest BCUT2D eigenvalue weighted by atomic mass is 9.83. The molecule has 2 rings (SSSR count). The molecule has 1 unspecified atom stereocenters. The van der Waals surface area contributed by atoms with Gasteiger partial charge < -0.3 is 10.2 Å². The summed E-state index contributed by atoms with van der Waals surface area (Å²) in [6.45, 7) is 4.16. The SMILES string of the molecule is CC(C)c1cc2c(s1)CCCC2(O)C(=O)O. The zero-order chi connectivity index (χ0) is 11.9. The Hall–Kier alpha value is -0.870. The van der Waals surface area contributed by atoms with Crippen LogP contribution in [0.1, 0.15) is 47.9 Å². The van der Waals surface area contributed by atoms with Gasteiger partial charge in [-0.3, -0.25) is 0 Å². The van der Waals surface area contributed by atoms with E-state index in [0.29, 0.717) is 17.9 Å². The summed E-state index contributed by atoms with van der Waals surface area (Å²) >= 11 is 1.64. The zero-order valence-electron chi connectivity index (χ0n) is 9.49. The van der Waals surface area contributed by atoms with Crippen molar-refractivity contribution in [2.45, 2.75) is 44.6 Å². The van der Waals surface area contributed by atoms with E-state index in [1.165, 1.54) is 0 Å². The molecule has 1 aliphatic rings. The molecule has 1 aliphatic carbocycles. The fourth-order valence-corrected chi connectivity index (χ4v) is 3.41. The number of carboxylic acids is 1. The average molecular weight is 240 g/mol. The summed E-state index contributed by atoms with van der Waals surface area (Å²) in [5, 5.41) is 19.3. The number of aliphatic hydroxyl groups is 1. The molecule has 0 saturated heterocycles. The summed E-state index contributed by atoms with van der Waals surface area (Å²) in [5.41, 5.74) is -1.03. The molecule has 3 nitrogen and oxygen atoms in total. The molecule has 1 heterocycles. The quantitative estimate of drug-likeness (QED) is 0.835. The maximum Gasteiger partial charge on any atom is 0.340 e. The van der Waals surface area contributed by atoms with E-state index in [2.05, 4.69) is 13.8 Å². The minimum absolute atomic E-state index is 0.323. The highest BCUT2D eigenvalue weighted by molar-refractivity contribution is 7.12. The molecule has 0 aliphatic heterocycles. The van der Waals surface area contributed by atoms with Crippen LogP contribution in [0.3, 0.4) is 0 Å². The van der Waals surface area contributed by atoms with Gasteiger partial charge in [0.25, 0.3) is 0 Å². The fraction of sp³-hybridized carbons (Fsp3) is 0.583. The minimum atomic E-state index is -1.66. The number of hydrogen-bond acceptors (Lipinski definition) is 3. The van der Waals surface area contributed by atoms with E-state index in [0.717, 1.165) is 22.6 Å². The van der Waals surface area contributed by atoms with E-state index in [-0.39, 0.29) is 0 Å². The first-order valence-corrected chi connectivity index (χ1v) is 6.35. The number of aliphatic carboxylic acids is 1. The molecule has 4 heteroatoms. The number of fused-ring (bicyclic) bond motifs is 1. The lowest BCUT2D eigenvalue weighted by Crippen LogP contribution is -2.38. The van der Waals surface area contributed by atoms with Gasteiger partial charge in [-0.1, -0.05) is 13.8 Å². The van der Waals surface area contributed by atoms with Crippen molar-refractivity contribution < 1.29 is 15.0 Å². The predicted molar refractivity (Wildman–Crippen MR) is 62.9 cm³/mol. The molecular weight excluding hydrogens is 224 g/mol. The van der Waals surface area contributed by atoms with Crippen molar-refractivity contribution in [2.24, 2.45) is 0 Å². The summed E-state index contributed by atoms with van der Waals surface area (Å²) < 4.78 is 0. The van der Waals surface area contributed by atoms with Crippen LogP contribution in [0.2, 0.25) is 0 Å². The zero-order valence-corrected chi connectivity index (χ0v) is 10.3. The van der Waals surface area contributed by atoms with E-state index < -0.39 is 11.6 Å². The Balaban J connectivity index is 2.50. The summed E-state index contributed by atoms with van der Waals surface area (Å²) in [6, 6.07) is 1.87. The molecule has 88 valence electrons. The van der Waals surface area contributed by atoms with Crippen LogP contribution in [0, 0.1) is 0 Å². The third kappa shape index (κ3) is 1.66. The average Bonchev–Trinajstić information content (AvgIpc) is 2.63. The number of rotatable bonds is 2. The lowest BCUT2D eigenvalue weighted by molar-refractivity contribution is -0.161. The van der Waals surface area contributed by atoms with E-state index in [9.17, 15) is 9.90 Å². The Morgan fingerprint density at radius 2 is 2.25 bits per heavy atom. The lowest BCUT2D eigenvalue weighted by Gasteiger charge is -2.27. The maximum absolute atomic E-state index is 11.2. The van der Waals surface area contributed by atoms with Crippen LogP contribution in [-0.2, 0) is 16.8 Å². The van der Waals surface area contributed by atoms with Gasteiger partial charge in [-0.15, -0.1) is 11.3 Å². The Morgan fingerprint density at radius 3 is 2.81 bits per heavy atom. The van der Waals surface area contributed by atoms with Crippen molar-refractivity contribution in [3.8, 4) is 0 Å². The summed E-state index contributed by atoms with van der Waals surface area (Å²) in [7, 11) is 0. The van der Waals surface area contributed by atoms with Gasteiger partial charge in [0.05, 0.1) is 0 Å². The van der Waals surface area contributed by atoms with Crippen molar-refractivity contribution in [3.63, 3.8) is 0 Å². The predicted octanol–water partition coefficient (Wildman–Crippen LogP) is 2.48. The second-order valence-corrected chi connectivity index (χ2v) is 5.83. The third-order valence-corrected chi connectivity index (χ3v) is 4.63. The number of aryl methyl sites for hydroxylation is 1. The van der Waals surface area contributed by atoms with E-state index in [1.54, 1.807) is 11.3 Å². The van der Waals surface area contributed by atoms with Crippen molar-refractivity contribution in [1.82, 2.24) is 0 Å². The highest BCUT2D eigenvalue weighted by Gasteiger charge is 2.42. The molecule has 0 spiro atoms. The van der Waals surface area contributed by atoms with Crippen LogP contribution in [0.25, 0.3) is 0 Å². The number of hydrogen-bond donors (Lipinski definition) is 2. The van der Waals surface area contributed by atoms with Crippen LogP contribution in [0.5, 0.6) is 0 Å². The summed E-state index contributed by atoms with van der Waals surface area (Å²) in [4.78, 5) is 13.4. The normalized spacial score (nSPS) is 24.5. The Kier molecular flexibility index (Phi) is 2.80. The standard InChI is InChI=1S/C12H16O3S/c1-7(2)10-6-8-9(16-10)4-3-5-12(8,15)11(13)14/h6-7,15H,3-5H2,1-2H3,(H,13,14). The van der Waals surface area contributed by atoms with E-state index >= 15 is 0 Å². The molecule has 1 aromatic rings. The van der Waals surface area contributed by atoms with Crippen molar-refractivity contribution in [2.75, 3.05) is 0 Å². The number of thiophene rings is 1. The van der Waals surface area contributed by atoms with E-state index in [4.69, 9.17) is 5.11 Å². The Bertz CT molecular complexity index is 422. The largest absolute Gasteiger partial charge is 0.479 e. The molecule has 1 atom stereocenters. The Labute approximate surface area is 98.7 Å². The van der Waals surface area contributed by atoms with Gasteiger partial charge in [0.15, 0.2) is 5.60 Å². The van der Waals surface area contributed by atoms with Crippen molar-refractivity contribution in [1.29, 1.82) is 0 Å². The highest BCUT2D eigenvalue weighted by atomic mass is 32.1. The molecule has 0 radical (unpaired) electrons. The molecule has 0 saturated carbocycles. The van der Waals surface area contributed by atoms with Gasteiger partial charge in [-0.05, 0) is 31.2 Å². The van der Waals surface area contributed by atoms with Crippen LogP contribution in [-0.4, -0.2) is 16.2 Å². The van der Waals surface area contributed by atoms with Gasteiger partial charge in [-0.25, -0.2) is 4.79 Å². The van der Waals surface area contributed by atoms with Crippen LogP contribution in [0.15, 0.2) is 6.07 Å². The number of carboxylic acid groups (broad SMARTS) is 1. The molecule has 0 amide bonds. The van der Waals surface area contributed by atoms with Gasteiger partial charge in [0.1, 0.15) is 0 Å².